The molecule has 1 amide bonds. The Hall–Kier alpha value is -1.62. The number of morpholine rings is 2. The molecular formula is C25H40FN3O5. The molecule has 0 spiro atoms. The number of rotatable bonds is 10. The summed E-state index contributed by atoms with van der Waals surface area (Å²) >= 11 is 0. The van der Waals surface area contributed by atoms with E-state index in [4.69, 9.17) is 14.2 Å². The molecule has 0 unspecified atom stereocenters. The van der Waals surface area contributed by atoms with Crippen LogP contribution in [0.3, 0.4) is 0 Å². The minimum absolute atomic E-state index is 0.0758. The van der Waals surface area contributed by atoms with E-state index in [2.05, 4.69) is 9.80 Å². The molecular weight excluding hydrogens is 441 g/mol. The van der Waals surface area contributed by atoms with Crippen LogP contribution in [0.1, 0.15) is 31.1 Å². The second kappa shape index (κ2) is 12.9. The molecule has 0 aromatic heterocycles. The Morgan fingerprint density at radius 3 is 2.62 bits per heavy atom. The molecule has 192 valence electrons. The molecule has 1 aromatic rings. The number of β-amino-alcohol motifs (C(OH)–C–C–N with tert-alkyl or cyclic N) is 1. The van der Waals surface area contributed by atoms with Gasteiger partial charge in [-0.2, -0.15) is 0 Å². The molecule has 9 heteroatoms. The average molecular weight is 482 g/mol. The van der Waals surface area contributed by atoms with E-state index < -0.39 is 11.9 Å². The van der Waals surface area contributed by atoms with Gasteiger partial charge in [0.15, 0.2) is 0 Å². The zero-order valence-corrected chi connectivity index (χ0v) is 20.7. The Labute approximate surface area is 202 Å². The predicted octanol–water partition coefficient (Wildman–Crippen LogP) is 1.48. The van der Waals surface area contributed by atoms with Crippen molar-refractivity contribution in [3.63, 3.8) is 0 Å². The van der Waals surface area contributed by atoms with Gasteiger partial charge in [0.2, 0.25) is 0 Å². The van der Waals surface area contributed by atoms with Crippen molar-refractivity contribution in [2.75, 3.05) is 78.8 Å². The van der Waals surface area contributed by atoms with E-state index in [0.717, 1.165) is 13.1 Å². The number of halogens is 1. The summed E-state index contributed by atoms with van der Waals surface area (Å²) in [6, 6.07) is 6.10. The highest BCUT2D eigenvalue weighted by Gasteiger charge is 2.28. The molecule has 2 fully saturated rings. The van der Waals surface area contributed by atoms with Crippen LogP contribution < -0.4 is 0 Å². The molecule has 2 aliphatic rings. The van der Waals surface area contributed by atoms with Crippen molar-refractivity contribution >= 4 is 5.91 Å². The lowest BCUT2D eigenvalue weighted by Crippen LogP contribution is -2.52. The molecule has 0 bridgehead atoms. The molecule has 3 rings (SSSR count). The largest absolute Gasteiger partial charge is 0.389 e. The van der Waals surface area contributed by atoms with Gasteiger partial charge in [0.1, 0.15) is 5.82 Å². The minimum atomic E-state index is -0.601. The van der Waals surface area contributed by atoms with Gasteiger partial charge >= 0.3 is 0 Å². The van der Waals surface area contributed by atoms with E-state index in [9.17, 15) is 14.3 Å². The van der Waals surface area contributed by atoms with Gasteiger partial charge in [0.25, 0.3) is 5.91 Å². The van der Waals surface area contributed by atoms with Crippen LogP contribution in [0, 0.1) is 5.82 Å². The fraction of sp³-hybridized carbons (Fsp3) is 0.720. The van der Waals surface area contributed by atoms with Crippen LogP contribution in [0.15, 0.2) is 24.3 Å². The number of aliphatic hydroxyl groups excluding tert-OH is 1. The number of carbonyl (C=O) groups is 1. The predicted molar refractivity (Wildman–Crippen MR) is 127 cm³/mol. The van der Waals surface area contributed by atoms with Gasteiger partial charge < -0.3 is 24.2 Å². The summed E-state index contributed by atoms with van der Waals surface area (Å²) in [5, 5.41) is 10.4. The van der Waals surface area contributed by atoms with E-state index in [-0.39, 0.29) is 29.8 Å². The molecule has 34 heavy (non-hydrogen) atoms. The quantitative estimate of drug-likeness (QED) is 0.543. The van der Waals surface area contributed by atoms with Gasteiger partial charge in [-0.05, 0) is 32.9 Å². The van der Waals surface area contributed by atoms with Gasteiger partial charge in [-0.25, -0.2) is 4.39 Å². The second-order valence-corrected chi connectivity index (χ2v) is 10.0. The van der Waals surface area contributed by atoms with Crippen molar-refractivity contribution < 1.29 is 28.5 Å². The fourth-order valence-electron chi connectivity index (χ4n) is 4.17. The van der Waals surface area contributed by atoms with Crippen molar-refractivity contribution in [3.8, 4) is 0 Å². The van der Waals surface area contributed by atoms with E-state index in [1.165, 1.54) is 12.1 Å². The van der Waals surface area contributed by atoms with Crippen LogP contribution >= 0.6 is 0 Å². The molecule has 2 heterocycles. The number of aliphatic hydroxyl groups is 1. The molecule has 2 atom stereocenters. The van der Waals surface area contributed by atoms with E-state index in [1.807, 2.05) is 20.8 Å². The number of benzene rings is 1. The van der Waals surface area contributed by atoms with Gasteiger partial charge in [0.05, 0.1) is 49.8 Å². The molecule has 2 saturated heterocycles. The molecule has 2 aliphatic heterocycles. The summed E-state index contributed by atoms with van der Waals surface area (Å²) in [5.74, 6) is -0.845. The third-order valence-electron chi connectivity index (χ3n) is 6.01. The molecule has 1 aromatic carbocycles. The van der Waals surface area contributed by atoms with Gasteiger partial charge in [0, 0.05) is 52.4 Å². The highest BCUT2D eigenvalue weighted by molar-refractivity contribution is 5.94. The summed E-state index contributed by atoms with van der Waals surface area (Å²) in [6.07, 6.45) is -0.819. The maximum Gasteiger partial charge on any atom is 0.256 e. The Morgan fingerprint density at radius 1 is 1.21 bits per heavy atom. The van der Waals surface area contributed by atoms with Crippen molar-refractivity contribution in [1.29, 1.82) is 0 Å². The lowest BCUT2D eigenvalue weighted by molar-refractivity contribution is -0.0783. The van der Waals surface area contributed by atoms with Gasteiger partial charge in [-0.15, -0.1) is 0 Å². The van der Waals surface area contributed by atoms with Crippen LogP contribution in [-0.2, 0) is 14.2 Å². The maximum absolute atomic E-state index is 14.4. The van der Waals surface area contributed by atoms with E-state index >= 15 is 0 Å². The zero-order valence-electron chi connectivity index (χ0n) is 20.7. The Morgan fingerprint density at radius 2 is 1.91 bits per heavy atom. The van der Waals surface area contributed by atoms with Crippen molar-refractivity contribution in [1.82, 2.24) is 14.7 Å². The van der Waals surface area contributed by atoms with Crippen LogP contribution in [0.2, 0.25) is 0 Å². The summed E-state index contributed by atoms with van der Waals surface area (Å²) < 4.78 is 31.5. The highest BCUT2D eigenvalue weighted by atomic mass is 19.1. The number of amides is 1. The molecule has 1 N–H and O–H groups in total. The normalized spacial score (nSPS) is 21.4. The monoisotopic (exact) mass is 481 g/mol. The fourth-order valence-corrected chi connectivity index (χ4v) is 4.17. The first kappa shape index (κ1) is 27.0. The van der Waals surface area contributed by atoms with Crippen molar-refractivity contribution in [2.45, 2.75) is 38.6 Å². The third kappa shape index (κ3) is 8.87. The second-order valence-electron chi connectivity index (χ2n) is 10.0. The van der Waals surface area contributed by atoms with E-state index in [1.54, 1.807) is 17.0 Å². The number of hydrogen-bond acceptors (Lipinski definition) is 7. The lowest BCUT2D eigenvalue weighted by atomic mass is 10.1. The Kier molecular flexibility index (Phi) is 10.2. The third-order valence-corrected chi connectivity index (χ3v) is 6.01. The summed E-state index contributed by atoms with van der Waals surface area (Å²) in [7, 11) is 0. The SMILES string of the molecule is CC(C)(C)OC[C@@H](O)CN1CCO[C@@H](CN(CCN2CCOCC2)C(=O)c2ccccc2F)C1. The number of nitrogens with zero attached hydrogens (tertiary/aromatic N) is 3. The highest BCUT2D eigenvalue weighted by Crippen LogP contribution is 2.15. The van der Waals surface area contributed by atoms with Crippen molar-refractivity contribution in [2.24, 2.45) is 0 Å². The van der Waals surface area contributed by atoms with Crippen molar-refractivity contribution in [3.05, 3.63) is 35.6 Å². The minimum Gasteiger partial charge on any atom is -0.389 e. The standard InChI is InChI=1S/C25H40FN3O5/c1-25(2,3)34-19-20(30)16-28-12-15-33-21(17-28)18-29(9-8-27-10-13-32-14-11-27)24(31)22-6-4-5-7-23(22)26/h4-7,20-21,30H,8-19H2,1-3H3/t20-,21+/m0/s1. The molecule has 0 saturated carbocycles. The summed E-state index contributed by atoms with van der Waals surface area (Å²) in [6.45, 7) is 13.0. The van der Waals surface area contributed by atoms with Crippen LogP contribution in [-0.4, -0.2) is 122 Å². The summed E-state index contributed by atoms with van der Waals surface area (Å²) in [5.41, 5.74) is -0.227. The van der Waals surface area contributed by atoms with Gasteiger partial charge in [-0.1, -0.05) is 12.1 Å². The first-order valence-electron chi connectivity index (χ1n) is 12.2. The summed E-state index contributed by atoms with van der Waals surface area (Å²) in [4.78, 5) is 19.4. The number of ether oxygens (including phenoxy) is 3. The van der Waals surface area contributed by atoms with Gasteiger partial charge in [-0.3, -0.25) is 14.6 Å². The lowest BCUT2D eigenvalue weighted by Gasteiger charge is -2.37. The first-order chi connectivity index (χ1) is 16.2. The number of carbonyl (C=O) groups excluding carboxylic acids is 1. The Balaban J connectivity index is 1.60. The molecule has 8 nitrogen and oxygen atoms in total. The molecule has 0 radical (unpaired) electrons. The van der Waals surface area contributed by atoms with Crippen LogP contribution in [0.25, 0.3) is 0 Å². The topological polar surface area (TPSA) is 74.7 Å². The van der Waals surface area contributed by atoms with Crippen LogP contribution in [0.5, 0.6) is 0 Å². The maximum atomic E-state index is 14.4. The Bertz CT molecular complexity index is 769. The first-order valence-corrected chi connectivity index (χ1v) is 12.2. The average Bonchev–Trinajstić information content (AvgIpc) is 2.81. The van der Waals surface area contributed by atoms with E-state index in [0.29, 0.717) is 59.1 Å². The smallest absolute Gasteiger partial charge is 0.256 e. The number of hydrogen-bond donors (Lipinski definition) is 1. The molecule has 0 aliphatic carbocycles. The van der Waals surface area contributed by atoms with Crippen LogP contribution in [0.4, 0.5) is 4.39 Å². The zero-order chi connectivity index (χ0) is 24.6.